The number of nitrogens with zero attached hydrogens (tertiary/aromatic N) is 3. The lowest BCUT2D eigenvalue weighted by Crippen LogP contribution is -1.99. The van der Waals surface area contributed by atoms with Gasteiger partial charge in [0.2, 0.25) is 5.95 Å². The van der Waals surface area contributed by atoms with E-state index in [1.54, 1.807) is 12.1 Å². The van der Waals surface area contributed by atoms with Gasteiger partial charge in [0.05, 0.1) is 16.9 Å². The largest absolute Gasteiger partial charge is 0.368 e. The van der Waals surface area contributed by atoms with Crippen LogP contribution in [0.5, 0.6) is 0 Å². The molecule has 0 saturated heterocycles. The van der Waals surface area contributed by atoms with Crippen LogP contribution in [0.3, 0.4) is 0 Å². The number of hydrogen-bond donors (Lipinski definition) is 1. The summed E-state index contributed by atoms with van der Waals surface area (Å²) in [4.78, 5) is 12.7. The quantitative estimate of drug-likeness (QED) is 0.725. The Morgan fingerprint density at radius 1 is 0.947 bits per heavy atom. The van der Waals surface area contributed by atoms with Crippen LogP contribution in [0, 0.1) is 12.7 Å². The molecular weight excluding hydrogens is 243 g/mol. The molecule has 3 rings (SSSR count). The van der Waals surface area contributed by atoms with E-state index in [4.69, 9.17) is 5.73 Å². The molecule has 2 N–H and O–H groups in total. The molecule has 0 fully saturated rings. The molecule has 2 heterocycles. The maximum atomic E-state index is 12.9. The molecule has 2 aromatic heterocycles. The molecule has 0 unspecified atom stereocenters. The smallest absolute Gasteiger partial charge is 0.220 e. The summed E-state index contributed by atoms with van der Waals surface area (Å²) in [5.74, 6) is -0.0295. The minimum Gasteiger partial charge on any atom is -0.368 e. The van der Waals surface area contributed by atoms with Gasteiger partial charge in [-0.15, -0.1) is 0 Å². The Morgan fingerprint density at radius 3 is 2.42 bits per heavy atom. The first-order valence-electron chi connectivity index (χ1n) is 5.80. The van der Waals surface area contributed by atoms with E-state index in [-0.39, 0.29) is 11.8 Å². The van der Waals surface area contributed by atoms with Crippen LogP contribution >= 0.6 is 0 Å². The molecule has 3 aromatic rings. The van der Waals surface area contributed by atoms with Gasteiger partial charge in [-0.25, -0.2) is 19.3 Å². The summed E-state index contributed by atoms with van der Waals surface area (Å²) in [6.45, 7) is 1.84. The van der Waals surface area contributed by atoms with Crippen LogP contribution in [0.4, 0.5) is 10.3 Å². The summed E-state index contributed by atoms with van der Waals surface area (Å²) in [7, 11) is 0. The van der Waals surface area contributed by atoms with Crippen molar-refractivity contribution >= 4 is 17.0 Å². The van der Waals surface area contributed by atoms with Gasteiger partial charge in [0.1, 0.15) is 11.3 Å². The second kappa shape index (κ2) is 4.28. The molecule has 0 radical (unpaired) electrons. The van der Waals surface area contributed by atoms with Crippen molar-refractivity contribution in [2.24, 2.45) is 0 Å². The second-order valence-corrected chi connectivity index (χ2v) is 4.24. The van der Waals surface area contributed by atoms with Gasteiger partial charge in [-0.05, 0) is 43.3 Å². The molecule has 0 atom stereocenters. The number of benzene rings is 1. The van der Waals surface area contributed by atoms with Gasteiger partial charge in [0.25, 0.3) is 0 Å². The lowest BCUT2D eigenvalue weighted by molar-refractivity contribution is 0.628. The van der Waals surface area contributed by atoms with Gasteiger partial charge in [0.15, 0.2) is 0 Å². The SMILES string of the molecule is Cc1nc(N)nc2ccc(-c3ccc(F)cc3)nc12. The second-order valence-electron chi connectivity index (χ2n) is 4.24. The van der Waals surface area contributed by atoms with E-state index in [9.17, 15) is 4.39 Å². The van der Waals surface area contributed by atoms with Crippen molar-refractivity contribution in [3.05, 3.63) is 47.9 Å². The zero-order valence-corrected chi connectivity index (χ0v) is 10.3. The number of anilines is 1. The standard InChI is InChI=1S/C14H11FN4/c1-8-13-12(19-14(16)17-8)7-6-11(18-13)9-2-4-10(15)5-3-9/h2-7H,1H3,(H2,16,17,19). The van der Waals surface area contributed by atoms with E-state index in [0.29, 0.717) is 11.0 Å². The zero-order chi connectivity index (χ0) is 13.4. The summed E-state index contributed by atoms with van der Waals surface area (Å²) >= 11 is 0. The van der Waals surface area contributed by atoms with Crippen molar-refractivity contribution in [1.29, 1.82) is 0 Å². The average molecular weight is 254 g/mol. The fourth-order valence-electron chi connectivity index (χ4n) is 1.96. The molecule has 0 saturated carbocycles. The van der Waals surface area contributed by atoms with Gasteiger partial charge >= 0.3 is 0 Å². The van der Waals surface area contributed by atoms with Gasteiger partial charge < -0.3 is 5.73 Å². The molecule has 0 aliphatic heterocycles. The summed E-state index contributed by atoms with van der Waals surface area (Å²) in [6.07, 6.45) is 0. The third-order valence-electron chi connectivity index (χ3n) is 2.87. The van der Waals surface area contributed by atoms with Gasteiger partial charge in [-0.2, -0.15) is 0 Å². The number of fused-ring (bicyclic) bond motifs is 1. The first-order valence-corrected chi connectivity index (χ1v) is 5.80. The van der Waals surface area contributed by atoms with E-state index in [1.807, 2.05) is 19.1 Å². The summed E-state index contributed by atoms with van der Waals surface area (Å²) in [5.41, 5.74) is 9.34. The summed E-state index contributed by atoms with van der Waals surface area (Å²) < 4.78 is 12.9. The van der Waals surface area contributed by atoms with E-state index < -0.39 is 0 Å². The molecule has 0 spiro atoms. The molecular formula is C14H11FN4. The van der Waals surface area contributed by atoms with Crippen LogP contribution in [0.15, 0.2) is 36.4 Å². The van der Waals surface area contributed by atoms with Gasteiger partial charge in [-0.3, -0.25) is 0 Å². The molecule has 1 aromatic carbocycles. The molecule has 0 aliphatic rings. The number of pyridine rings is 1. The van der Waals surface area contributed by atoms with Crippen molar-refractivity contribution in [3.8, 4) is 11.3 Å². The number of aryl methyl sites for hydroxylation is 1. The van der Waals surface area contributed by atoms with E-state index in [2.05, 4.69) is 15.0 Å². The fourth-order valence-corrected chi connectivity index (χ4v) is 1.96. The Balaban J connectivity index is 2.19. The lowest BCUT2D eigenvalue weighted by Gasteiger charge is -2.05. The van der Waals surface area contributed by atoms with Crippen LogP contribution in [0.2, 0.25) is 0 Å². The molecule has 5 heteroatoms. The van der Waals surface area contributed by atoms with Crippen LogP contribution in [0.25, 0.3) is 22.3 Å². The van der Waals surface area contributed by atoms with E-state index in [1.165, 1.54) is 12.1 Å². The number of hydrogen-bond acceptors (Lipinski definition) is 4. The highest BCUT2D eigenvalue weighted by molar-refractivity contribution is 5.80. The van der Waals surface area contributed by atoms with E-state index >= 15 is 0 Å². The van der Waals surface area contributed by atoms with Gasteiger partial charge in [0, 0.05) is 5.56 Å². The topological polar surface area (TPSA) is 64.7 Å². The first kappa shape index (κ1) is 11.5. The number of aromatic nitrogens is 3. The van der Waals surface area contributed by atoms with E-state index in [0.717, 1.165) is 17.0 Å². The van der Waals surface area contributed by atoms with Crippen molar-refractivity contribution < 1.29 is 4.39 Å². The van der Waals surface area contributed by atoms with Crippen molar-refractivity contribution in [2.75, 3.05) is 5.73 Å². The Bertz CT molecular complexity index is 753. The maximum Gasteiger partial charge on any atom is 0.220 e. The van der Waals surface area contributed by atoms with Crippen molar-refractivity contribution in [3.63, 3.8) is 0 Å². The van der Waals surface area contributed by atoms with Crippen LogP contribution in [-0.2, 0) is 0 Å². The Hall–Kier alpha value is -2.56. The Labute approximate surface area is 109 Å². The predicted octanol–water partition coefficient (Wildman–Crippen LogP) is 2.72. The number of nitrogens with two attached hydrogens (primary N) is 1. The highest BCUT2D eigenvalue weighted by atomic mass is 19.1. The molecule has 0 amide bonds. The van der Waals surface area contributed by atoms with Crippen molar-refractivity contribution in [1.82, 2.24) is 15.0 Å². The third-order valence-corrected chi connectivity index (χ3v) is 2.87. The number of rotatable bonds is 1. The van der Waals surface area contributed by atoms with Crippen LogP contribution in [0.1, 0.15) is 5.69 Å². The minimum atomic E-state index is -0.267. The van der Waals surface area contributed by atoms with Crippen molar-refractivity contribution in [2.45, 2.75) is 6.92 Å². The fraction of sp³-hybridized carbons (Fsp3) is 0.0714. The monoisotopic (exact) mass is 254 g/mol. The Morgan fingerprint density at radius 2 is 1.68 bits per heavy atom. The predicted molar refractivity (Wildman–Crippen MR) is 71.9 cm³/mol. The van der Waals surface area contributed by atoms with Crippen LogP contribution in [-0.4, -0.2) is 15.0 Å². The third kappa shape index (κ3) is 2.10. The average Bonchev–Trinajstić information content (AvgIpc) is 2.39. The number of halogens is 1. The molecule has 4 nitrogen and oxygen atoms in total. The normalized spacial score (nSPS) is 10.8. The minimum absolute atomic E-state index is 0.237. The lowest BCUT2D eigenvalue weighted by atomic mass is 10.1. The molecule has 0 bridgehead atoms. The first-order chi connectivity index (χ1) is 9.13. The highest BCUT2D eigenvalue weighted by Crippen LogP contribution is 2.22. The molecule has 19 heavy (non-hydrogen) atoms. The summed E-state index contributed by atoms with van der Waals surface area (Å²) in [5, 5.41) is 0. The van der Waals surface area contributed by atoms with Gasteiger partial charge in [-0.1, -0.05) is 0 Å². The summed E-state index contributed by atoms with van der Waals surface area (Å²) in [6, 6.07) is 9.88. The Kier molecular flexibility index (Phi) is 2.59. The van der Waals surface area contributed by atoms with Crippen LogP contribution < -0.4 is 5.73 Å². The molecule has 94 valence electrons. The zero-order valence-electron chi connectivity index (χ0n) is 10.3. The molecule has 0 aliphatic carbocycles. The maximum absolute atomic E-state index is 12.9. The number of nitrogen functional groups attached to an aromatic ring is 1. The highest BCUT2D eigenvalue weighted by Gasteiger charge is 2.06.